The van der Waals surface area contributed by atoms with Gasteiger partial charge >= 0.3 is 0 Å². The Bertz CT molecular complexity index is 1520. The Morgan fingerprint density at radius 2 is 1.64 bits per heavy atom. The second-order valence-electron chi connectivity index (χ2n) is 8.63. The molecule has 3 aromatic rings. The zero-order chi connectivity index (χ0) is 25.8. The molecule has 0 aliphatic carbocycles. The van der Waals surface area contributed by atoms with Gasteiger partial charge in [0.2, 0.25) is 5.91 Å². The maximum Gasteiger partial charge on any atom is 0.274 e. The van der Waals surface area contributed by atoms with E-state index in [1.54, 1.807) is 48.5 Å². The third kappa shape index (κ3) is 3.40. The van der Waals surface area contributed by atoms with Crippen molar-refractivity contribution in [2.75, 3.05) is 15.6 Å². The molecule has 0 aromatic heterocycles. The summed E-state index contributed by atoms with van der Waals surface area (Å²) >= 11 is 5.98. The second kappa shape index (κ2) is 8.42. The average Bonchev–Trinajstić information content (AvgIpc) is 3.22. The van der Waals surface area contributed by atoms with Crippen LogP contribution in [0.25, 0.3) is 0 Å². The van der Waals surface area contributed by atoms with Crippen molar-refractivity contribution in [3.63, 3.8) is 0 Å². The third-order valence-electron chi connectivity index (χ3n) is 6.57. The first-order valence-electron chi connectivity index (χ1n) is 11.1. The van der Waals surface area contributed by atoms with Gasteiger partial charge in [0.25, 0.3) is 16.5 Å². The second-order valence-corrected chi connectivity index (χ2v) is 11.2. The molecule has 0 bridgehead atoms. The van der Waals surface area contributed by atoms with Crippen molar-refractivity contribution >= 4 is 50.3 Å². The lowest BCUT2D eigenvalue weighted by atomic mass is 10.0. The summed E-state index contributed by atoms with van der Waals surface area (Å²) in [7, 11) is -4.44. The fraction of sp³-hybridized carbons (Fsp3) is 0.200. The maximum absolute atomic E-state index is 14.2. The number of nitro benzene ring substituents is 1. The zero-order valence-corrected chi connectivity index (χ0v) is 20.6. The summed E-state index contributed by atoms with van der Waals surface area (Å²) in [5.41, 5.74) is 1.53. The van der Waals surface area contributed by atoms with Gasteiger partial charge in [0, 0.05) is 28.4 Å². The van der Waals surface area contributed by atoms with Gasteiger partial charge in [0.1, 0.15) is 5.75 Å². The van der Waals surface area contributed by atoms with E-state index in [-0.39, 0.29) is 29.2 Å². The van der Waals surface area contributed by atoms with Crippen LogP contribution in [0.2, 0.25) is 5.02 Å². The van der Waals surface area contributed by atoms with Crippen molar-refractivity contribution in [1.29, 1.82) is 0 Å². The minimum Gasteiger partial charge on any atom is -0.304 e. The van der Waals surface area contributed by atoms with Gasteiger partial charge in [0.15, 0.2) is 9.84 Å². The number of hydrogen-bond acceptors (Lipinski definition) is 6. The van der Waals surface area contributed by atoms with Crippen LogP contribution in [0.4, 0.5) is 17.1 Å². The van der Waals surface area contributed by atoms with Crippen molar-refractivity contribution in [3.8, 4) is 0 Å². The van der Waals surface area contributed by atoms with Crippen LogP contribution >= 0.6 is 11.6 Å². The Kier molecular flexibility index (Phi) is 5.60. The third-order valence-corrected chi connectivity index (χ3v) is 8.92. The van der Waals surface area contributed by atoms with Crippen LogP contribution in [0.1, 0.15) is 23.6 Å². The van der Waals surface area contributed by atoms with Crippen LogP contribution in [0.5, 0.6) is 0 Å². The van der Waals surface area contributed by atoms with Crippen LogP contribution in [-0.2, 0) is 37.3 Å². The first-order valence-corrected chi connectivity index (χ1v) is 13.1. The molecule has 5 rings (SSSR count). The number of non-ortho nitro benzene ring substituents is 1. The molecule has 2 heterocycles. The Labute approximate surface area is 212 Å². The summed E-state index contributed by atoms with van der Waals surface area (Å²) in [6.45, 7) is 1.93. The number of halogens is 1. The zero-order valence-electron chi connectivity index (χ0n) is 19.0. The minimum absolute atomic E-state index is 0.0190. The Balaban J connectivity index is 1.76. The van der Waals surface area contributed by atoms with Gasteiger partial charge < -0.3 is 4.90 Å². The number of carbonyl (C=O) groups excluding carboxylic acids is 2. The number of sulfone groups is 1. The number of amides is 2. The Hall–Kier alpha value is -3.76. The summed E-state index contributed by atoms with van der Waals surface area (Å²) in [6, 6.07) is 17.0. The fourth-order valence-electron chi connectivity index (χ4n) is 4.85. The molecular weight excluding hydrogens is 506 g/mol. The van der Waals surface area contributed by atoms with Crippen LogP contribution < -0.4 is 9.80 Å². The predicted octanol–water partition coefficient (Wildman–Crippen LogP) is 3.97. The maximum atomic E-state index is 14.2. The first-order chi connectivity index (χ1) is 17.1. The molecule has 9 nitrogen and oxygen atoms in total. The first kappa shape index (κ1) is 24.0. The van der Waals surface area contributed by atoms with E-state index >= 15 is 0 Å². The summed E-state index contributed by atoms with van der Waals surface area (Å²) in [5, 5.41) is 12.1. The topological polar surface area (TPSA) is 118 Å². The van der Waals surface area contributed by atoms with Crippen LogP contribution in [-0.4, -0.2) is 30.9 Å². The van der Waals surface area contributed by atoms with E-state index in [1.165, 1.54) is 17.0 Å². The quantitative estimate of drug-likeness (QED) is 0.367. The molecule has 11 heteroatoms. The van der Waals surface area contributed by atoms with E-state index in [4.69, 9.17) is 11.6 Å². The molecule has 0 radical (unpaired) electrons. The molecule has 3 aromatic carbocycles. The summed E-state index contributed by atoms with van der Waals surface area (Å²) in [5.74, 6) is -2.54. The van der Waals surface area contributed by atoms with Gasteiger partial charge in [-0.05, 0) is 47.9 Å². The molecule has 184 valence electrons. The number of anilines is 2. The molecule has 1 unspecified atom stereocenters. The van der Waals surface area contributed by atoms with Crippen molar-refractivity contribution in [3.05, 3.63) is 98.6 Å². The lowest BCUT2D eigenvalue weighted by molar-refractivity contribution is -0.384. The van der Waals surface area contributed by atoms with Gasteiger partial charge in [-0.15, -0.1) is 0 Å². The van der Waals surface area contributed by atoms with E-state index in [2.05, 4.69) is 0 Å². The van der Waals surface area contributed by atoms with Crippen molar-refractivity contribution in [2.45, 2.75) is 24.8 Å². The van der Waals surface area contributed by atoms with E-state index in [0.717, 1.165) is 23.0 Å². The minimum atomic E-state index is -4.44. The largest absolute Gasteiger partial charge is 0.304 e. The molecular formula is C25H20ClN3O6S. The number of rotatable bonds is 5. The van der Waals surface area contributed by atoms with Crippen molar-refractivity contribution in [1.82, 2.24) is 0 Å². The molecule has 2 amide bonds. The van der Waals surface area contributed by atoms with E-state index in [0.29, 0.717) is 10.6 Å². The number of benzene rings is 3. The van der Waals surface area contributed by atoms with E-state index in [9.17, 15) is 28.1 Å². The highest BCUT2D eigenvalue weighted by molar-refractivity contribution is 7.94. The number of carbonyl (C=O) groups is 2. The Morgan fingerprint density at radius 1 is 1.00 bits per heavy atom. The molecule has 0 saturated carbocycles. The smallest absolute Gasteiger partial charge is 0.274 e. The normalized spacial score (nSPS) is 20.3. The summed E-state index contributed by atoms with van der Waals surface area (Å²) in [4.78, 5) is 38.1. The molecule has 1 fully saturated rings. The van der Waals surface area contributed by atoms with Crippen LogP contribution in [0.3, 0.4) is 0 Å². The molecule has 1 atom stereocenters. The van der Waals surface area contributed by atoms with Crippen molar-refractivity contribution in [2.24, 2.45) is 0 Å². The Morgan fingerprint density at radius 3 is 2.25 bits per heavy atom. The van der Waals surface area contributed by atoms with Crippen LogP contribution in [0.15, 0.2) is 66.7 Å². The highest BCUT2D eigenvalue weighted by Crippen LogP contribution is 2.53. The highest BCUT2D eigenvalue weighted by Gasteiger charge is 2.70. The van der Waals surface area contributed by atoms with Crippen molar-refractivity contribution < 1.29 is 22.9 Å². The van der Waals surface area contributed by atoms with Gasteiger partial charge in [-0.25, -0.2) is 8.42 Å². The van der Waals surface area contributed by atoms with Gasteiger partial charge in [0.05, 0.1) is 17.2 Å². The van der Waals surface area contributed by atoms with Crippen LogP contribution in [0, 0.1) is 10.1 Å². The fourth-order valence-corrected chi connectivity index (χ4v) is 7.00. The number of fused-ring (bicyclic) bond motifs is 2. The molecule has 1 spiro atoms. The molecule has 36 heavy (non-hydrogen) atoms. The lowest BCUT2D eigenvalue weighted by Crippen LogP contribution is -2.54. The average molecular weight is 526 g/mol. The number of aryl methyl sites for hydroxylation is 1. The standard InChI is InChI=1S/C25H20ClN3O6S/c1-2-16-5-9-19(10-6-16)28-23(30)15-36(34,35)25(28)21-13-20(29(32)33)11-12-22(21)27(24(25)31)14-17-3-7-18(26)8-4-17/h3-13H,2,14-15H2,1H3. The van der Waals surface area contributed by atoms with E-state index in [1.807, 2.05) is 6.92 Å². The summed E-state index contributed by atoms with van der Waals surface area (Å²) < 4.78 is 27.4. The molecule has 2 aliphatic rings. The molecule has 2 aliphatic heterocycles. The van der Waals surface area contributed by atoms with Gasteiger partial charge in [-0.1, -0.05) is 42.8 Å². The van der Waals surface area contributed by atoms with E-state index < -0.39 is 37.2 Å². The molecule has 1 saturated heterocycles. The monoisotopic (exact) mass is 525 g/mol. The number of nitro groups is 1. The van der Waals surface area contributed by atoms with Gasteiger partial charge in [-0.3, -0.25) is 24.6 Å². The highest BCUT2D eigenvalue weighted by atomic mass is 35.5. The number of nitrogens with zero attached hydrogens (tertiary/aromatic N) is 3. The molecule has 0 N–H and O–H groups in total. The SMILES string of the molecule is CCc1ccc(N2C(=O)CS(=O)(=O)C23C(=O)N(Cc2ccc(Cl)cc2)c2ccc([N+](=O)[O-])cc23)cc1. The lowest BCUT2D eigenvalue weighted by Gasteiger charge is -2.32. The summed E-state index contributed by atoms with van der Waals surface area (Å²) in [6.07, 6.45) is 0.723. The van der Waals surface area contributed by atoms with Gasteiger partial charge in [-0.2, -0.15) is 0 Å². The predicted molar refractivity (Wildman–Crippen MR) is 135 cm³/mol. The number of hydrogen-bond donors (Lipinski definition) is 0.